The van der Waals surface area contributed by atoms with Crippen molar-refractivity contribution in [2.75, 3.05) is 0 Å². The van der Waals surface area contributed by atoms with E-state index in [0.717, 1.165) is 0 Å². The topological polar surface area (TPSA) is 0 Å². The Morgan fingerprint density at radius 3 is 2.58 bits per heavy atom. The molecule has 64 valence electrons. The third-order valence-electron chi connectivity index (χ3n) is 1.94. The highest BCUT2D eigenvalue weighted by atomic mass is 14.0. The van der Waals surface area contributed by atoms with Crippen LogP contribution >= 0.6 is 0 Å². The third-order valence-corrected chi connectivity index (χ3v) is 1.94. The zero-order valence-corrected chi connectivity index (χ0v) is 8.04. The smallest absolute Gasteiger partial charge is 0.0219 e. The molecule has 0 spiro atoms. The molecule has 1 aromatic rings. The molecule has 0 aliphatic carbocycles. The maximum Gasteiger partial charge on any atom is -0.0219 e. The van der Waals surface area contributed by atoms with Crippen molar-refractivity contribution in [1.29, 1.82) is 0 Å². The van der Waals surface area contributed by atoms with Crippen LogP contribution in [0.5, 0.6) is 0 Å². The minimum atomic E-state index is 0.621. The largest absolute Gasteiger partial charge is 0.0871 e. The van der Waals surface area contributed by atoms with Gasteiger partial charge >= 0.3 is 0 Å². The lowest BCUT2D eigenvalue weighted by atomic mass is 10.0. The first kappa shape index (κ1) is 9.05. The Morgan fingerprint density at radius 1 is 1.25 bits per heavy atom. The maximum atomic E-state index is 2.24. The van der Waals surface area contributed by atoms with E-state index < -0.39 is 0 Å². The molecule has 0 atom stereocenters. The van der Waals surface area contributed by atoms with E-state index >= 15 is 0 Å². The SMILES string of the molecule is C/C=C/c1cccc(C(C)C)c1. The lowest BCUT2D eigenvalue weighted by Gasteiger charge is -2.05. The minimum absolute atomic E-state index is 0.621. The quantitative estimate of drug-likeness (QED) is 0.616. The molecule has 0 nitrogen and oxygen atoms in total. The van der Waals surface area contributed by atoms with Gasteiger partial charge in [-0.25, -0.2) is 0 Å². The average Bonchev–Trinajstić information content (AvgIpc) is 2.05. The Labute approximate surface area is 74.9 Å². The van der Waals surface area contributed by atoms with Crippen molar-refractivity contribution in [3.8, 4) is 0 Å². The summed E-state index contributed by atoms with van der Waals surface area (Å²) in [5.41, 5.74) is 2.70. The van der Waals surface area contributed by atoms with Crippen LogP contribution in [0.25, 0.3) is 6.08 Å². The van der Waals surface area contributed by atoms with Gasteiger partial charge in [0.1, 0.15) is 0 Å². The van der Waals surface area contributed by atoms with Crippen molar-refractivity contribution < 1.29 is 0 Å². The Balaban J connectivity index is 2.95. The number of allylic oxidation sites excluding steroid dienone is 1. The first-order valence-electron chi connectivity index (χ1n) is 4.46. The Bertz CT molecular complexity index is 269. The van der Waals surface area contributed by atoms with Crippen molar-refractivity contribution in [3.05, 3.63) is 41.5 Å². The van der Waals surface area contributed by atoms with Crippen LogP contribution in [0, 0.1) is 0 Å². The van der Waals surface area contributed by atoms with Crippen LogP contribution in [0.4, 0.5) is 0 Å². The summed E-state index contributed by atoms with van der Waals surface area (Å²) < 4.78 is 0. The standard InChI is InChI=1S/C12H16/c1-4-6-11-7-5-8-12(9-11)10(2)3/h4-10H,1-3H3/b6-4+. The molecule has 0 aliphatic rings. The normalized spacial score (nSPS) is 11.3. The van der Waals surface area contributed by atoms with Crippen molar-refractivity contribution in [2.45, 2.75) is 26.7 Å². The van der Waals surface area contributed by atoms with Crippen molar-refractivity contribution in [3.63, 3.8) is 0 Å². The van der Waals surface area contributed by atoms with Crippen LogP contribution in [0.3, 0.4) is 0 Å². The highest BCUT2D eigenvalue weighted by molar-refractivity contribution is 5.50. The highest BCUT2D eigenvalue weighted by Crippen LogP contribution is 2.16. The Kier molecular flexibility index (Phi) is 3.09. The maximum absolute atomic E-state index is 2.24. The van der Waals surface area contributed by atoms with Crippen molar-refractivity contribution in [2.24, 2.45) is 0 Å². The first-order chi connectivity index (χ1) is 5.74. The molecule has 0 aliphatic heterocycles. The Hall–Kier alpha value is -1.04. The molecule has 0 saturated heterocycles. The minimum Gasteiger partial charge on any atom is -0.0871 e. The monoisotopic (exact) mass is 160 g/mol. The molecule has 0 heterocycles. The van der Waals surface area contributed by atoms with Gasteiger partial charge in [0.15, 0.2) is 0 Å². The van der Waals surface area contributed by atoms with Gasteiger partial charge in [-0.15, -0.1) is 0 Å². The van der Waals surface area contributed by atoms with Crippen LogP contribution in [0.15, 0.2) is 30.3 Å². The summed E-state index contributed by atoms with van der Waals surface area (Å²) in [6.45, 7) is 6.48. The van der Waals surface area contributed by atoms with E-state index in [4.69, 9.17) is 0 Å². The summed E-state index contributed by atoms with van der Waals surface area (Å²) in [4.78, 5) is 0. The summed E-state index contributed by atoms with van der Waals surface area (Å²) in [6, 6.07) is 8.67. The summed E-state index contributed by atoms with van der Waals surface area (Å²) in [6.07, 6.45) is 4.20. The van der Waals surface area contributed by atoms with Crippen LogP contribution in [0.2, 0.25) is 0 Å². The number of benzene rings is 1. The van der Waals surface area contributed by atoms with Gasteiger partial charge in [-0.2, -0.15) is 0 Å². The molecule has 0 heteroatoms. The van der Waals surface area contributed by atoms with Crippen molar-refractivity contribution in [1.82, 2.24) is 0 Å². The van der Waals surface area contributed by atoms with Gasteiger partial charge in [0.25, 0.3) is 0 Å². The number of rotatable bonds is 2. The van der Waals surface area contributed by atoms with Gasteiger partial charge in [-0.05, 0) is 24.0 Å². The predicted octanol–water partition coefficient (Wildman–Crippen LogP) is 3.84. The molecule has 0 bridgehead atoms. The summed E-state index contributed by atoms with van der Waals surface area (Å²) >= 11 is 0. The van der Waals surface area contributed by atoms with E-state index in [1.807, 2.05) is 6.92 Å². The zero-order valence-electron chi connectivity index (χ0n) is 8.04. The molecule has 0 aromatic heterocycles. The molecule has 1 aromatic carbocycles. The predicted molar refractivity (Wildman–Crippen MR) is 55.2 cm³/mol. The summed E-state index contributed by atoms with van der Waals surface area (Å²) in [5.74, 6) is 0.621. The van der Waals surface area contributed by atoms with Crippen LogP contribution in [-0.2, 0) is 0 Å². The lowest BCUT2D eigenvalue weighted by Crippen LogP contribution is -1.86. The van der Waals surface area contributed by atoms with Crippen LogP contribution in [-0.4, -0.2) is 0 Å². The second-order valence-electron chi connectivity index (χ2n) is 3.32. The zero-order chi connectivity index (χ0) is 8.97. The van der Waals surface area contributed by atoms with Crippen LogP contribution in [0.1, 0.15) is 37.8 Å². The van der Waals surface area contributed by atoms with Gasteiger partial charge in [0.05, 0.1) is 0 Å². The first-order valence-corrected chi connectivity index (χ1v) is 4.46. The summed E-state index contributed by atoms with van der Waals surface area (Å²) in [5, 5.41) is 0. The molecule has 0 N–H and O–H groups in total. The van der Waals surface area contributed by atoms with E-state index in [0.29, 0.717) is 5.92 Å². The average molecular weight is 160 g/mol. The molecule has 0 amide bonds. The van der Waals surface area contributed by atoms with Gasteiger partial charge in [0.2, 0.25) is 0 Å². The van der Waals surface area contributed by atoms with Gasteiger partial charge in [-0.3, -0.25) is 0 Å². The van der Waals surface area contributed by atoms with Gasteiger partial charge in [-0.1, -0.05) is 50.3 Å². The highest BCUT2D eigenvalue weighted by Gasteiger charge is 1.97. The fourth-order valence-electron chi connectivity index (χ4n) is 1.21. The second-order valence-corrected chi connectivity index (χ2v) is 3.32. The lowest BCUT2D eigenvalue weighted by molar-refractivity contribution is 0.866. The van der Waals surface area contributed by atoms with E-state index in [2.05, 4.69) is 50.3 Å². The fourth-order valence-corrected chi connectivity index (χ4v) is 1.21. The van der Waals surface area contributed by atoms with Gasteiger partial charge < -0.3 is 0 Å². The molecule has 0 radical (unpaired) electrons. The molecular formula is C12H16. The molecule has 0 saturated carbocycles. The molecule has 0 unspecified atom stereocenters. The second kappa shape index (κ2) is 4.10. The molecule has 12 heavy (non-hydrogen) atoms. The third kappa shape index (κ3) is 2.23. The Morgan fingerprint density at radius 2 is 2.00 bits per heavy atom. The van der Waals surface area contributed by atoms with E-state index in [1.54, 1.807) is 0 Å². The summed E-state index contributed by atoms with van der Waals surface area (Å²) in [7, 11) is 0. The van der Waals surface area contributed by atoms with E-state index in [9.17, 15) is 0 Å². The van der Waals surface area contributed by atoms with Crippen molar-refractivity contribution >= 4 is 6.08 Å². The fraction of sp³-hybridized carbons (Fsp3) is 0.333. The molecular weight excluding hydrogens is 144 g/mol. The van der Waals surface area contributed by atoms with Gasteiger partial charge in [0, 0.05) is 0 Å². The van der Waals surface area contributed by atoms with E-state index in [-0.39, 0.29) is 0 Å². The van der Waals surface area contributed by atoms with E-state index in [1.165, 1.54) is 11.1 Å². The van der Waals surface area contributed by atoms with Crippen LogP contribution < -0.4 is 0 Å². The molecule has 1 rings (SSSR count). The molecule has 0 fully saturated rings. The number of hydrogen-bond acceptors (Lipinski definition) is 0. The number of hydrogen-bond donors (Lipinski definition) is 0.